The van der Waals surface area contributed by atoms with Crippen LogP contribution >= 0.6 is 11.8 Å². The number of nitrogens with one attached hydrogen (secondary N) is 1. The number of aliphatic imine (C=N–C) groups is 1. The molecule has 0 bridgehead atoms. The molecule has 2 aliphatic heterocycles. The lowest BCUT2D eigenvalue weighted by atomic mass is 10.0. The Balaban J connectivity index is 2.14. The summed E-state index contributed by atoms with van der Waals surface area (Å²) >= 11 is 0.724. The van der Waals surface area contributed by atoms with Crippen LogP contribution in [0, 0.1) is 0 Å². The fraction of sp³-hybridized carbons (Fsp3) is 0.875. The van der Waals surface area contributed by atoms with Gasteiger partial charge in [-0.05, 0) is 0 Å². The van der Waals surface area contributed by atoms with E-state index in [0.29, 0.717) is 0 Å². The van der Waals surface area contributed by atoms with Gasteiger partial charge in [-0.1, -0.05) is 0 Å². The molecule has 8 heteroatoms. The van der Waals surface area contributed by atoms with E-state index in [2.05, 4.69) is 10.3 Å². The summed E-state index contributed by atoms with van der Waals surface area (Å²) in [6, 6.07) is -0.801. The normalized spacial score (nSPS) is 42.6. The molecule has 2 N–H and O–H groups in total. The highest BCUT2D eigenvalue weighted by atomic mass is 32.2. The number of halogens is 3. The van der Waals surface area contributed by atoms with E-state index in [0.717, 1.165) is 11.8 Å². The lowest BCUT2D eigenvalue weighted by Gasteiger charge is -2.35. The Labute approximate surface area is 94.3 Å². The summed E-state index contributed by atoms with van der Waals surface area (Å²) in [5, 5.41) is 10.5. The first kappa shape index (κ1) is 11.8. The molecule has 1 fully saturated rings. The number of amidine groups is 1. The fourth-order valence-corrected chi connectivity index (χ4v) is 2.94. The zero-order chi connectivity index (χ0) is 11.9. The van der Waals surface area contributed by atoms with Crippen molar-refractivity contribution >= 4 is 17.8 Å². The molecule has 4 nitrogen and oxygen atoms in total. The third kappa shape index (κ3) is 1.84. The number of aliphatic hydroxyl groups excluding tert-OH is 1. The summed E-state index contributed by atoms with van der Waals surface area (Å²) in [7, 11) is 1.54. The van der Waals surface area contributed by atoms with Crippen molar-refractivity contribution in [3.63, 3.8) is 0 Å². The largest absolute Gasteiger partial charge is 0.448 e. The van der Waals surface area contributed by atoms with Gasteiger partial charge < -0.3 is 15.2 Å². The van der Waals surface area contributed by atoms with E-state index >= 15 is 0 Å². The van der Waals surface area contributed by atoms with Crippen LogP contribution in [-0.4, -0.2) is 53.6 Å². The van der Waals surface area contributed by atoms with E-state index in [1.807, 2.05) is 0 Å². The first-order chi connectivity index (χ1) is 7.54. The number of fused-ring (bicyclic) bond motifs is 1. The standard InChI is InChI=1S/C8H11F3N2O2S/c1-12-8-13-3-2(9)4(14)5(6(10)11)16-7(3)15-8/h2-7,14H,1H3,(H,12,13)/t2-,3-,4+,5?,7+/m1/s1. The molecule has 0 aromatic rings. The number of thioether (sulfide) groups is 1. The maximum Gasteiger partial charge on any atom is 0.286 e. The molecule has 2 rings (SSSR count). The number of hydrogen-bond acceptors (Lipinski definition) is 5. The van der Waals surface area contributed by atoms with Gasteiger partial charge in [0, 0.05) is 7.05 Å². The molecule has 0 spiro atoms. The second-order valence-corrected chi connectivity index (χ2v) is 4.81. The zero-order valence-electron chi connectivity index (χ0n) is 8.31. The number of alkyl halides is 3. The second-order valence-electron chi connectivity index (χ2n) is 3.53. The van der Waals surface area contributed by atoms with Crippen LogP contribution in [0.4, 0.5) is 13.2 Å². The van der Waals surface area contributed by atoms with E-state index in [1.54, 1.807) is 0 Å². The molecule has 0 aromatic carbocycles. The lowest BCUT2D eigenvalue weighted by Crippen LogP contribution is -2.51. The monoisotopic (exact) mass is 256 g/mol. The Morgan fingerprint density at radius 1 is 1.56 bits per heavy atom. The highest BCUT2D eigenvalue weighted by Crippen LogP contribution is 2.41. The van der Waals surface area contributed by atoms with Crippen molar-refractivity contribution in [3.8, 4) is 0 Å². The Bertz CT molecular complexity index is 305. The van der Waals surface area contributed by atoms with Crippen molar-refractivity contribution in [2.45, 2.75) is 35.4 Å². The Morgan fingerprint density at radius 2 is 2.25 bits per heavy atom. The number of rotatable bonds is 1. The first-order valence-corrected chi connectivity index (χ1v) is 5.67. The summed E-state index contributed by atoms with van der Waals surface area (Å²) in [5.74, 6) is 0. The maximum atomic E-state index is 13.6. The van der Waals surface area contributed by atoms with Crippen molar-refractivity contribution < 1.29 is 23.0 Å². The van der Waals surface area contributed by atoms with E-state index in [1.165, 1.54) is 7.05 Å². The van der Waals surface area contributed by atoms with Gasteiger partial charge in [0.1, 0.15) is 12.1 Å². The molecule has 2 aliphatic rings. The van der Waals surface area contributed by atoms with Gasteiger partial charge in [-0.25, -0.2) is 18.2 Å². The van der Waals surface area contributed by atoms with Gasteiger partial charge >= 0.3 is 0 Å². The van der Waals surface area contributed by atoms with Gasteiger partial charge in [0.15, 0.2) is 11.6 Å². The lowest BCUT2D eigenvalue weighted by molar-refractivity contribution is -0.000582. The average Bonchev–Trinajstić information content (AvgIpc) is 2.66. The number of aliphatic hydroxyl groups is 1. The summed E-state index contributed by atoms with van der Waals surface area (Å²) in [6.45, 7) is 0. The van der Waals surface area contributed by atoms with Crippen LogP contribution < -0.4 is 5.32 Å². The number of ether oxygens (including phenoxy) is 1. The summed E-state index contributed by atoms with van der Waals surface area (Å²) < 4.78 is 43.8. The Kier molecular flexibility index (Phi) is 3.20. The molecule has 0 aliphatic carbocycles. The second kappa shape index (κ2) is 4.33. The van der Waals surface area contributed by atoms with Crippen molar-refractivity contribution in [2.75, 3.05) is 7.05 Å². The smallest absolute Gasteiger partial charge is 0.286 e. The minimum atomic E-state index is -2.79. The van der Waals surface area contributed by atoms with Gasteiger partial charge in [0.05, 0.1) is 5.25 Å². The third-order valence-corrected chi connectivity index (χ3v) is 3.96. The highest BCUT2D eigenvalue weighted by Gasteiger charge is 2.52. The maximum absolute atomic E-state index is 13.6. The zero-order valence-corrected chi connectivity index (χ0v) is 9.13. The van der Waals surface area contributed by atoms with Crippen LogP contribution in [0.3, 0.4) is 0 Å². The van der Waals surface area contributed by atoms with E-state index in [-0.39, 0.29) is 6.02 Å². The molecule has 0 amide bonds. The van der Waals surface area contributed by atoms with Crippen molar-refractivity contribution in [2.24, 2.45) is 4.99 Å². The first-order valence-electron chi connectivity index (χ1n) is 4.72. The average molecular weight is 256 g/mol. The van der Waals surface area contributed by atoms with Crippen LogP contribution in [0.15, 0.2) is 4.99 Å². The molecule has 0 radical (unpaired) electrons. The molecule has 5 atom stereocenters. The summed E-state index contributed by atoms with van der Waals surface area (Å²) in [5.41, 5.74) is -0.792. The van der Waals surface area contributed by atoms with Gasteiger partial charge in [-0.15, -0.1) is 11.8 Å². The number of hydrogen-bond donors (Lipinski definition) is 2. The number of nitrogens with zero attached hydrogens (tertiary/aromatic N) is 1. The van der Waals surface area contributed by atoms with Crippen molar-refractivity contribution in [1.29, 1.82) is 0 Å². The summed E-state index contributed by atoms with van der Waals surface area (Å²) in [4.78, 5) is 3.84. The molecular weight excluding hydrogens is 245 g/mol. The predicted octanol–water partition coefficient (Wildman–Crippen LogP) is 0.366. The van der Waals surface area contributed by atoms with Gasteiger partial charge in [-0.3, -0.25) is 0 Å². The third-order valence-electron chi connectivity index (χ3n) is 2.52. The van der Waals surface area contributed by atoms with Crippen LogP contribution in [-0.2, 0) is 4.74 Å². The van der Waals surface area contributed by atoms with Crippen LogP contribution in [0.25, 0.3) is 0 Å². The Morgan fingerprint density at radius 3 is 2.81 bits per heavy atom. The molecule has 0 aromatic heterocycles. The minimum absolute atomic E-state index is 0.118. The van der Waals surface area contributed by atoms with Crippen LogP contribution in [0.5, 0.6) is 0 Å². The SMILES string of the molecule is CNC1=N[C@@H]2[C@@H](F)[C@H](O)C(C(F)F)S[C@@H]2O1. The van der Waals surface area contributed by atoms with Crippen LogP contribution in [0.2, 0.25) is 0 Å². The molecule has 16 heavy (non-hydrogen) atoms. The van der Waals surface area contributed by atoms with Crippen molar-refractivity contribution in [1.82, 2.24) is 5.32 Å². The molecule has 0 saturated carbocycles. The predicted molar refractivity (Wildman–Crippen MR) is 53.4 cm³/mol. The van der Waals surface area contributed by atoms with E-state index < -0.39 is 35.4 Å². The quantitative estimate of drug-likeness (QED) is 0.711. The topological polar surface area (TPSA) is 53.9 Å². The van der Waals surface area contributed by atoms with Crippen LogP contribution in [0.1, 0.15) is 0 Å². The van der Waals surface area contributed by atoms with E-state index in [9.17, 15) is 18.3 Å². The molecule has 2 heterocycles. The van der Waals surface area contributed by atoms with Gasteiger partial charge in [-0.2, -0.15) is 0 Å². The minimum Gasteiger partial charge on any atom is -0.448 e. The van der Waals surface area contributed by atoms with E-state index in [4.69, 9.17) is 4.74 Å². The fourth-order valence-electron chi connectivity index (χ4n) is 1.69. The van der Waals surface area contributed by atoms with Crippen molar-refractivity contribution in [3.05, 3.63) is 0 Å². The van der Waals surface area contributed by atoms with Gasteiger partial charge in [0.2, 0.25) is 0 Å². The molecule has 92 valence electrons. The molecular formula is C8H11F3N2O2S. The highest BCUT2D eigenvalue weighted by molar-refractivity contribution is 8.00. The summed E-state index contributed by atoms with van der Waals surface area (Å²) in [6.07, 6.45) is -6.33. The molecule has 1 saturated heterocycles. The van der Waals surface area contributed by atoms with Gasteiger partial charge in [0.25, 0.3) is 12.4 Å². The Hall–Kier alpha value is -0.630. The molecule has 1 unspecified atom stereocenters.